The molecule has 0 N–H and O–H groups in total. The maximum Gasteiger partial charge on any atom is 0.123 e. The Hall–Kier alpha value is -1.82. The summed E-state index contributed by atoms with van der Waals surface area (Å²) in [5.41, 5.74) is 1.75. The van der Waals surface area contributed by atoms with E-state index >= 15 is 0 Å². The van der Waals surface area contributed by atoms with E-state index in [0.717, 1.165) is 30.8 Å². The van der Waals surface area contributed by atoms with Gasteiger partial charge in [-0.05, 0) is 48.9 Å². The first kappa shape index (κ1) is 17.6. The molecule has 2 saturated heterocycles. The highest BCUT2D eigenvalue weighted by atomic mass is 19.1. The fraction of sp³-hybridized carbons (Fsp3) is 0.429. The molecular weight excluding hydrogens is 334 g/mol. The Labute approximate surface area is 153 Å². The first-order valence-electron chi connectivity index (χ1n) is 9.17. The summed E-state index contributed by atoms with van der Waals surface area (Å²) in [5, 5.41) is 0. The lowest BCUT2D eigenvalue weighted by Crippen LogP contribution is -2.45. The van der Waals surface area contributed by atoms with Crippen LogP contribution in [0.2, 0.25) is 0 Å². The second kappa shape index (κ2) is 7.43. The Morgan fingerprint density at radius 3 is 1.96 bits per heavy atom. The maximum absolute atomic E-state index is 13.3. The summed E-state index contributed by atoms with van der Waals surface area (Å²) in [6.45, 7) is 3.70. The number of piperazine rings is 1. The molecular formula is C21H24F2N2O. The van der Waals surface area contributed by atoms with E-state index in [1.807, 2.05) is 0 Å². The predicted octanol–water partition coefficient (Wildman–Crippen LogP) is 3.46. The van der Waals surface area contributed by atoms with E-state index in [9.17, 15) is 8.78 Å². The molecule has 0 radical (unpaired) electrons. The van der Waals surface area contributed by atoms with Crippen LogP contribution in [-0.4, -0.2) is 55.2 Å². The highest BCUT2D eigenvalue weighted by molar-refractivity contribution is 5.30. The average Bonchev–Trinajstić information content (AvgIpc) is 3.20. The van der Waals surface area contributed by atoms with Gasteiger partial charge in [-0.3, -0.25) is 4.90 Å². The molecule has 0 unspecified atom stereocenters. The van der Waals surface area contributed by atoms with Crippen molar-refractivity contribution in [2.24, 2.45) is 0 Å². The molecule has 138 valence electrons. The van der Waals surface area contributed by atoms with Gasteiger partial charge in [0.15, 0.2) is 0 Å². The number of hydrogen-bond donors (Lipinski definition) is 0. The lowest BCUT2D eigenvalue weighted by atomic mass is 10.0. The number of likely N-dealkylation sites (N-methyl/N-ethyl adjacent to an activating group) is 1. The van der Waals surface area contributed by atoms with Crippen molar-refractivity contribution in [2.75, 3.05) is 33.3 Å². The van der Waals surface area contributed by atoms with Gasteiger partial charge in [-0.1, -0.05) is 24.3 Å². The Morgan fingerprint density at radius 1 is 0.923 bits per heavy atom. The minimum atomic E-state index is -0.321. The molecule has 2 aliphatic rings. The standard InChI is InChI=1S/C21H24F2N2O/c1-24-13-20-12-19(24)14-25(20)10-11-26-21(15-2-6-17(22)7-3-15)16-4-8-18(23)9-5-16/h2-9,19-21H,10-14H2,1H3/t19-,20-/m0/s1. The summed E-state index contributed by atoms with van der Waals surface area (Å²) >= 11 is 0. The number of hydrogen-bond acceptors (Lipinski definition) is 3. The molecule has 2 aromatic carbocycles. The minimum absolute atomic E-state index is 0.274. The number of benzene rings is 2. The number of ether oxygens (including phenoxy) is 1. The number of nitrogens with zero attached hydrogens (tertiary/aromatic N) is 2. The topological polar surface area (TPSA) is 15.7 Å². The molecule has 0 aliphatic carbocycles. The molecule has 2 atom stereocenters. The molecule has 2 bridgehead atoms. The van der Waals surface area contributed by atoms with Gasteiger partial charge in [0, 0.05) is 31.7 Å². The Bertz CT molecular complexity index is 687. The molecule has 0 amide bonds. The molecule has 2 aromatic rings. The van der Waals surface area contributed by atoms with E-state index in [0.29, 0.717) is 18.7 Å². The molecule has 0 spiro atoms. The van der Waals surface area contributed by atoms with Crippen molar-refractivity contribution in [1.29, 1.82) is 0 Å². The number of likely N-dealkylation sites (tertiary alicyclic amines) is 2. The molecule has 26 heavy (non-hydrogen) atoms. The fourth-order valence-electron chi connectivity index (χ4n) is 4.17. The van der Waals surface area contributed by atoms with Crippen molar-refractivity contribution < 1.29 is 13.5 Å². The lowest BCUT2D eigenvalue weighted by molar-refractivity contribution is 0.0463. The van der Waals surface area contributed by atoms with Gasteiger partial charge in [0.05, 0.1) is 6.61 Å². The van der Waals surface area contributed by atoms with Gasteiger partial charge in [-0.2, -0.15) is 0 Å². The van der Waals surface area contributed by atoms with Gasteiger partial charge < -0.3 is 9.64 Å². The third-order valence-corrected chi connectivity index (χ3v) is 5.64. The van der Waals surface area contributed by atoms with Crippen LogP contribution in [0.5, 0.6) is 0 Å². The van der Waals surface area contributed by atoms with E-state index in [1.54, 1.807) is 24.3 Å². The number of rotatable bonds is 6. The summed E-state index contributed by atoms with van der Waals surface area (Å²) in [6.07, 6.45) is 0.925. The highest BCUT2D eigenvalue weighted by Crippen LogP contribution is 2.30. The summed E-state index contributed by atoms with van der Waals surface area (Å²) in [5.74, 6) is -0.548. The monoisotopic (exact) mass is 358 g/mol. The maximum atomic E-state index is 13.3. The van der Waals surface area contributed by atoms with Gasteiger partial charge in [0.2, 0.25) is 0 Å². The van der Waals surface area contributed by atoms with Crippen molar-refractivity contribution >= 4 is 0 Å². The van der Waals surface area contributed by atoms with Crippen LogP contribution in [0.4, 0.5) is 8.78 Å². The minimum Gasteiger partial charge on any atom is -0.367 e. The van der Waals surface area contributed by atoms with E-state index in [-0.39, 0.29) is 17.7 Å². The van der Waals surface area contributed by atoms with Gasteiger partial charge >= 0.3 is 0 Å². The third kappa shape index (κ3) is 3.65. The smallest absolute Gasteiger partial charge is 0.123 e. The lowest BCUT2D eigenvalue weighted by Gasteiger charge is -2.32. The molecule has 2 heterocycles. The van der Waals surface area contributed by atoms with E-state index in [4.69, 9.17) is 4.74 Å². The zero-order valence-corrected chi connectivity index (χ0v) is 14.9. The molecule has 0 aromatic heterocycles. The zero-order valence-electron chi connectivity index (χ0n) is 14.9. The van der Waals surface area contributed by atoms with Crippen molar-refractivity contribution in [2.45, 2.75) is 24.6 Å². The van der Waals surface area contributed by atoms with Crippen LogP contribution < -0.4 is 0 Å². The van der Waals surface area contributed by atoms with Crippen molar-refractivity contribution in [1.82, 2.24) is 9.80 Å². The molecule has 5 heteroatoms. The van der Waals surface area contributed by atoms with Crippen LogP contribution in [0.15, 0.2) is 48.5 Å². The molecule has 2 fully saturated rings. The first-order valence-corrected chi connectivity index (χ1v) is 9.17. The highest BCUT2D eigenvalue weighted by Gasteiger charge is 2.40. The second-order valence-electron chi connectivity index (χ2n) is 7.33. The van der Waals surface area contributed by atoms with Crippen molar-refractivity contribution in [3.05, 3.63) is 71.3 Å². The molecule has 3 nitrogen and oxygen atoms in total. The Kier molecular flexibility index (Phi) is 5.02. The van der Waals surface area contributed by atoms with Gasteiger partial charge in [-0.15, -0.1) is 0 Å². The van der Waals surface area contributed by atoms with Crippen LogP contribution in [0.3, 0.4) is 0 Å². The first-order chi connectivity index (χ1) is 12.6. The molecule has 0 saturated carbocycles. The second-order valence-corrected chi connectivity index (χ2v) is 7.33. The number of halogens is 2. The van der Waals surface area contributed by atoms with Gasteiger partial charge in [0.1, 0.15) is 17.7 Å². The summed E-state index contributed by atoms with van der Waals surface area (Å²) < 4.78 is 32.7. The van der Waals surface area contributed by atoms with Crippen LogP contribution in [0, 0.1) is 11.6 Å². The normalized spacial score (nSPS) is 23.2. The largest absolute Gasteiger partial charge is 0.367 e. The predicted molar refractivity (Wildman–Crippen MR) is 97.0 cm³/mol. The molecule has 2 aliphatic heterocycles. The van der Waals surface area contributed by atoms with Crippen LogP contribution in [0.25, 0.3) is 0 Å². The Morgan fingerprint density at radius 2 is 1.50 bits per heavy atom. The quantitative estimate of drug-likeness (QED) is 0.787. The van der Waals surface area contributed by atoms with Crippen LogP contribution >= 0.6 is 0 Å². The van der Waals surface area contributed by atoms with Crippen LogP contribution in [-0.2, 0) is 4.74 Å². The third-order valence-electron chi connectivity index (χ3n) is 5.64. The SMILES string of the molecule is CN1C[C@@H]2C[C@H]1CN2CCOC(c1ccc(F)cc1)c1ccc(F)cc1. The summed E-state index contributed by atoms with van der Waals surface area (Å²) in [7, 11) is 2.19. The van der Waals surface area contributed by atoms with E-state index < -0.39 is 0 Å². The zero-order chi connectivity index (χ0) is 18.1. The van der Waals surface area contributed by atoms with Gasteiger partial charge in [0.25, 0.3) is 0 Å². The van der Waals surface area contributed by atoms with Gasteiger partial charge in [-0.25, -0.2) is 8.78 Å². The van der Waals surface area contributed by atoms with Crippen molar-refractivity contribution in [3.63, 3.8) is 0 Å². The average molecular weight is 358 g/mol. The Balaban J connectivity index is 1.43. The van der Waals surface area contributed by atoms with Crippen LogP contribution in [0.1, 0.15) is 23.7 Å². The fourth-order valence-corrected chi connectivity index (χ4v) is 4.17. The number of fused-ring (bicyclic) bond motifs is 2. The van der Waals surface area contributed by atoms with Crippen molar-refractivity contribution in [3.8, 4) is 0 Å². The van der Waals surface area contributed by atoms with E-state index in [1.165, 1.54) is 30.7 Å². The summed E-state index contributed by atoms with van der Waals surface area (Å²) in [6, 6.07) is 14.0. The molecule has 4 rings (SSSR count). The summed E-state index contributed by atoms with van der Waals surface area (Å²) in [4.78, 5) is 4.93. The van der Waals surface area contributed by atoms with E-state index in [2.05, 4.69) is 16.8 Å².